The molecule has 1 aromatic heterocycles. The molecule has 1 saturated heterocycles. The lowest BCUT2D eigenvalue weighted by Gasteiger charge is -2.14. The van der Waals surface area contributed by atoms with Gasteiger partial charge in [0.15, 0.2) is 4.32 Å². The van der Waals surface area contributed by atoms with E-state index in [9.17, 15) is 19.7 Å². The molecule has 3 rings (SSSR count). The minimum absolute atomic E-state index is 0.0343. The van der Waals surface area contributed by atoms with Crippen molar-refractivity contribution in [3.63, 3.8) is 0 Å². The molecule has 1 N–H and O–H groups in total. The van der Waals surface area contributed by atoms with Gasteiger partial charge in [-0.1, -0.05) is 17.8 Å². The fourth-order valence-corrected chi connectivity index (χ4v) is 3.77. The molecule has 1 fully saturated rings. The van der Waals surface area contributed by atoms with Crippen molar-refractivity contribution >= 4 is 63.2 Å². The van der Waals surface area contributed by atoms with Crippen LogP contribution >= 0.6 is 35.3 Å². The van der Waals surface area contributed by atoms with Gasteiger partial charge in [-0.3, -0.25) is 25.1 Å². The summed E-state index contributed by atoms with van der Waals surface area (Å²) in [4.78, 5) is 35.5. The van der Waals surface area contributed by atoms with Gasteiger partial charge >= 0.3 is 0 Å². The Balaban J connectivity index is 1.76. The minimum Gasteiger partial charge on any atom is -0.266 e. The molecule has 0 atom stereocenters. The van der Waals surface area contributed by atoms with E-state index < -0.39 is 16.7 Å². The fourth-order valence-electron chi connectivity index (χ4n) is 1.97. The average Bonchev–Trinajstić information content (AvgIpc) is 3.20. The van der Waals surface area contributed by atoms with E-state index in [0.29, 0.717) is 15.3 Å². The molecule has 0 spiro atoms. The molecule has 1 aliphatic rings. The second-order valence-corrected chi connectivity index (χ2v) is 7.41. The molecular formula is C15H9N3O4S3. The summed E-state index contributed by atoms with van der Waals surface area (Å²) in [7, 11) is 0. The lowest BCUT2D eigenvalue weighted by Crippen LogP contribution is -2.44. The van der Waals surface area contributed by atoms with Crippen LogP contribution in [0.1, 0.15) is 15.2 Å². The zero-order valence-corrected chi connectivity index (χ0v) is 14.8. The smallest absolute Gasteiger partial charge is 0.266 e. The number of nitrogens with zero attached hydrogens (tertiary/aromatic N) is 2. The van der Waals surface area contributed by atoms with Crippen LogP contribution in [0.3, 0.4) is 0 Å². The number of amides is 2. The summed E-state index contributed by atoms with van der Waals surface area (Å²) in [5, 5.41) is 13.4. The van der Waals surface area contributed by atoms with Crippen LogP contribution in [-0.4, -0.2) is 26.1 Å². The van der Waals surface area contributed by atoms with Crippen molar-refractivity contribution in [2.75, 3.05) is 0 Å². The molecule has 0 bridgehead atoms. The SMILES string of the molecule is O=C(NN1C(=O)C(=Cc2ccc([N+](=O)[O-])cc2)SC1=S)c1cccs1. The number of hydrogen-bond acceptors (Lipinski definition) is 7. The summed E-state index contributed by atoms with van der Waals surface area (Å²) in [5.74, 6) is -0.860. The first kappa shape index (κ1) is 17.3. The first-order chi connectivity index (χ1) is 12.0. The van der Waals surface area contributed by atoms with E-state index in [4.69, 9.17) is 12.2 Å². The van der Waals surface area contributed by atoms with Crippen LogP contribution in [-0.2, 0) is 4.79 Å². The molecule has 0 unspecified atom stereocenters. The fraction of sp³-hybridized carbons (Fsp3) is 0. The van der Waals surface area contributed by atoms with E-state index in [1.807, 2.05) is 0 Å². The third-order valence-electron chi connectivity index (χ3n) is 3.15. The van der Waals surface area contributed by atoms with Gasteiger partial charge in [-0.05, 0) is 47.4 Å². The first-order valence-corrected chi connectivity index (χ1v) is 8.93. The van der Waals surface area contributed by atoms with Gasteiger partial charge in [-0.25, -0.2) is 0 Å². The van der Waals surface area contributed by atoms with Crippen LogP contribution in [0.25, 0.3) is 6.08 Å². The maximum Gasteiger partial charge on any atom is 0.285 e. The molecule has 0 aliphatic carbocycles. The lowest BCUT2D eigenvalue weighted by atomic mass is 10.2. The molecule has 1 aromatic carbocycles. The zero-order valence-electron chi connectivity index (χ0n) is 12.4. The average molecular weight is 391 g/mol. The highest BCUT2D eigenvalue weighted by Crippen LogP contribution is 2.31. The van der Waals surface area contributed by atoms with Crippen molar-refractivity contribution in [3.05, 3.63) is 67.2 Å². The minimum atomic E-state index is -0.497. The second-order valence-electron chi connectivity index (χ2n) is 4.78. The molecule has 0 radical (unpaired) electrons. The van der Waals surface area contributed by atoms with Crippen molar-refractivity contribution in [3.8, 4) is 0 Å². The highest BCUT2D eigenvalue weighted by atomic mass is 32.2. The summed E-state index contributed by atoms with van der Waals surface area (Å²) >= 11 is 7.44. The van der Waals surface area contributed by atoms with Crippen molar-refractivity contribution in [1.82, 2.24) is 10.4 Å². The highest BCUT2D eigenvalue weighted by Gasteiger charge is 2.33. The van der Waals surface area contributed by atoms with Gasteiger partial charge in [0.2, 0.25) is 0 Å². The van der Waals surface area contributed by atoms with E-state index in [-0.39, 0.29) is 10.0 Å². The molecule has 0 saturated carbocycles. The number of nitrogens with one attached hydrogen (secondary N) is 1. The van der Waals surface area contributed by atoms with Crippen LogP contribution in [0.2, 0.25) is 0 Å². The molecule has 126 valence electrons. The number of thiocarbonyl (C=S) groups is 1. The Bertz CT molecular complexity index is 891. The van der Waals surface area contributed by atoms with Gasteiger partial charge in [0.25, 0.3) is 17.5 Å². The van der Waals surface area contributed by atoms with Gasteiger partial charge in [0.05, 0.1) is 14.7 Å². The van der Waals surface area contributed by atoms with Crippen molar-refractivity contribution in [2.45, 2.75) is 0 Å². The van der Waals surface area contributed by atoms with Crippen LogP contribution in [0.4, 0.5) is 5.69 Å². The molecule has 7 nitrogen and oxygen atoms in total. The molecule has 2 heterocycles. The Morgan fingerprint density at radius 1 is 1.28 bits per heavy atom. The van der Waals surface area contributed by atoms with Gasteiger partial charge in [0.1, 0.15) is 0 Å². The Labute approximate surface area is 155 Å². The monoisotopic (exact) mass is 391 g/mol. The summed E-state index contributed by atoms with van der Waals surface area (Å²) in [5.41, 5.74) is 3.07. The molecule has 25 heavy (non-hydrogen) atoms. The number of carbonyl (C=O) groups excluding carboxylic acids is 2. The van der Waals surface area contributed by atoms with E-state index >= 15 is 0 Å². The topological polar surface area (TPSA) is 92.6 Å². The summed E-state index contributed by atoms with van der Waals surface area (Å²) in [6.45, 7) is 0. The first-order valence-electron chi connectivity index (χ1n) is 6.82. The number of thioether (sulfide) groups is 1. The maximum absolute atomic E-state index is 12.4. The van der Waals surface area contributed by atoms with Crippen molar-refractivity contribution < 1.29 is 14.5 Å². The molecule has 10 heteroatoms. The van der Waals surface area contributed by atoms with E-state index in [1.54, 1.807) is 23.6 Å². The highest BCUT2D eigenvalue weighted by molar-refractivity contribution is 8.26. The number of hydrazine groups is 1. The number of carbonyl (C=O) groups is 2. The number of thiophene rings is 1. The largest absolute Gasteiger partial charge is 0.285 e. The number of nitro groups is 1. The Kier molecular flexibility index (Phi) is 4.93. The predicted molar refractivity (Wildman–Crippen MR) is 99.9 cm³/mol. The predicted octanol–water partition coefficient (Wildman–Crippen LogP) is 3.20. The summed E-state index contributed by atoms with van der Waals surface area (Å²) < 4.78 is 0.211. The zero-order chi connectivity index (χ0) is 18.0. The Morgan fingerprint density at radius 2 is 2.00 bits per heavy atom. The van der Waals surface area contributed by atoms with Gasteiger partial charge in [0, 0.05) is 12.1 Å². The number of nitro benzene ring substituents is 1. The number of rotatable bonds is 4. The molecule has 2 amide bonds. The van der Waals surface area contributed by atoms with Gasteiger partial charge in [-0.15, -0.1) is 11.3 Å². The van der Waals surface area contributed by atoms with Crippen LogP contribution in [0.15, 0.2) is 46.7 Å². The number of benzene rings is 1. The van der Waals surface area contributed by atoms with Gasteiger partial charge < -0.3 is 0 Å². The van der Waals surface area contributed by atoms with E-state index in [0.717, 1.165) is 16.8 Å². The maximum atomic E-state index is 12.4. The lowest BCUT2D eigenvalue weighted by molar-refractivity contribution is -0.384. The summed E-state index contributed by atoms with van der Waals surface area (Å²) in [6.07, 6.45) is 1.57. The molecular weight excluding hydrogens is 382 g/mol. The summed E-state index contributed by atoms with van der Waals surface area (Å²) in [6, 6.07) is 9.16. The number of hydrogen-bond donors (Lipinski definition) is 1. The molecule has 2 aromatic rings. The molecule has 1 aliphatic heterocycles. The number of non-ortho nitro benzene ring substituents is 1. The Hall–Kier alpha value is -2.56. The third kappa shape index (κ3) is 3.76. The van der Waals surface area contributed by atoms with Gasteiger partial charge in [-0.2, -0.15) is 5.01 Å². The van der Waals surface area contributed by atoms with Crippen LogP contribution in [0.5, 0.6) is 0 Å². The van der Waals surface area contributed by atoms with Crippen molar-refractivity contribution in [2.24, 2.45) is 0 Å². The van der Waals surface area contributed by atoms with E-state index in [2.05, 4.69) is 5.43 Å². The van der Waals surface area contributed by atoms with Crippen LogP contribution < -0.4 is 5.43 Å². The standard InChI is InChI=1S/C15H9N3O4S3/c19-13(11-2-1-7-24-11)16-17-14(20)12(25-15(17)23)8-9-3-5-10(6-4-9)18(21)22/h1-8H,(H,16,19). The third-order valence-corrected chi connectivity index (χ3v) is 5.32. The second kappa shape index (κ2) is 7.13. The Morgan fingerprint density at radius 3 is 2.60 bits per heavy atom. The quantitative estimate of drug-likeness (QED) is 0.372. The normalized spacial score (nSPS) is 15.7. The van der Waals surface area contributed by atoms with E-state index in [1.165, 1.54) is 35.6 Å². The van der Waals surface area contributed by atoms with Crippen LogP contribution in [0, 0.1) is 10.1 Å². The van der Waals surface area contributed by atoms with Crippen molar-refractivity contribution in [1.29, 1.82) is 0 Å².